The molecule has 0 aliphatic heterocycles. The van der Waals surface area contributed by atoms with Gasteiger partial charge in [-0.15, -0.1) is 0 Å². The zero-order valence-corrected chi connectivity index (χ0v) is 57.2. The van der Waals surface area contributed by atoms with Crippen molar-refractivity contribution in [2.75, 3.05) is 16.0 Å². The van der Waals surface area contributed by atoms with Crippen LogP contribution in [0, 0.1) is 17.8 Å². The summed E-state index contributed by atoms with van der Waals surface area (Å²) >= 11 is 0. The van der Waals surface area contributed by atoms with Crippen molar-refractivity contribution < 1.29 is 55.5 Å². The van der Waals surface area contributed by atoms with Crippen LogP contribution in [0.3, 0.4) is 0 Å². The number of nitrogens with zero attached hydrogens (tertiary/aromatic N) is 6. The predicted octanol–water partition coefficient (Wildman–Crippen LogP) is 14.1. The number of sulfone groups is 1. The first-order chi connectivity index (χ1) is 48.5. The van der Waals surface area contributed by atoms with E-state index in [0.717, 1.165) is 118 Å². The van der Waals surface area contributed by atoms with Crippen molar-refractivity contribution in [2.24, 2.45) is 17.8 Å². The number of carbonyl (C=O) groups is 7. The Balaban J connectivity index is 0.000000143. The van der Waals surface area contributed by atoms with Gasteiger partial charge in [-0.25, -0.2) is 13.4 Å². The quantitative estimate of drug-likeness (QED) is 0.0371. The molecule has 5 amide bonds. The van der Waals surface area contributed by atoms with Gasteiger partial charge in [-0.2, -0.15) is 0 Å². The Morgan fingerprint density at radius 2 is 0.990 bits per heavy atom. The van der Waals surface area contributed by atoms with Gasteiger partial charge in [-0.05, 0) is 186 Å². The third-order valence-corrected chi connectivity index (χ3v) is 21.9. The number of pyridine rings is 1. The van der Waals surface area contributed by atoms with Crippen molar-refractivity contribution in [3.63, 3.8) is 0 Å². The number of nitrogens with one attached hydrogen (secondary N) is 5. The number of benzene rings is 3. The van der Waals surface area contributed by atoms with Crippen LogP contribution in [0.25, 0.3) is 0 Å². The lowest BCUT2D eigenvalue weighted by Gasteiger charge is -2.31. The Morgan fingerprint density at radius 1 is 0.490 bits per heavy atom. The highest BCUT2D eigenvalue weighted by atomic mass is 32.2. The summed E-state index contributed by atoms with van der Waals surface area (Å²) in [4.78, 5) is 99.5. The number of hydrogen-bond acceptors (Lipinski definition) is 18. The summed E-state index contributed by atoms with van der Waals surface area (Å²) in [7, 11) is -3.44. The minimum Gasteiger partial charge on any atom is -0.360 e. The van der Waals surface area contributed by atoms with Crippen LogP contribution in [0.15, 0.2) is 146 Å². The Labute approximate surface area is 580 Å². The Morgan fingerprint density at radius 3 is 1.46 bits per heavy atom. The summed E-state index contributed by atoms with van der Waals surface area (Å²) in [6, 6.07) is 29.5. The molecular formula is C76H85N11O12S. The van der Waals surface area contributed by atoms with E-state index in [-0.39, 0.29) is 76.3 Å². The molecule has 3 aromatic carbocycles. The molecule has 5 N–H and O–H groups in total. The average Bonchev–Trinajstić information content (AvgIpc) is 1.34. The van der Waals surface area contributed by atoms with Crippen molar-refractivity contribution in [3.8, 4) is 0 Å². The summed E-state index contributed by atoms with van der Waals surface area (Å²) in [5, 5.41) is 26.1. The molecule has 0 bridgehead atoms. The lowest BCUT2D eigenvalue weighted by molar-refractivity contribution is -0.116. The van der Waals surface area contributed by atoms with E-state index in [9.17, 15) is 42.0 Å². The minimum atomic E-state index is -3.44. The molecule has 8 aromatic rings. The third kappa shape index (κ3) is 18.9. The molecule has 2 atom stereocenters. The second-order valence-corrected chi connectivity index (χ2v) is 29.8. The zero-order valence-electron chi connectivity index (χ0n) is 56.4. The van der Waals surface area contributed by atoms with Crippen LogP contribution in [0.1, 0.15) is 265 Å². The molecule has 100 heavy (non-hydrogen) atoms. The van der Waals surface area contributed by atoms with Gasteiger partial charge < -0.3 is 40.2 Å². The normalized spacial score (nSPS) is 18.5. The fourth-order valence-corrected chi connectivity index (χ4v) is 15.5. The van der Waals surface area contributed by atoms with Crippen molar-refractivity contribution in [2.45, 2.75) is 195 Å². The number of carbonyl (C=O) groups excluding carboxylic acids is 7. The molecule has 6 aliphatic rings. The highest BCUT2D eigenvalue weighted by Gasteiger charge is 2.37. The van der Waals surface area contributed by atoms with Crippen LogP contribution in [0.4, 0.5) is 17.2 Å². The summed E-state index contributed by atoms with van der Waals surface area (Å²) in [6.07, 6.45) is 26.8. The fraction of sp³-hybridized carbons (Fsp3) is 0.434. The number of aromatic nitrogens is 6. The van der Waals surface area contributed by atoms with E-state index in [4.69, 9.17) is 13.6 Å². The van der Waals surface area contributed by atoms with Gasteiger partial charge in [-0.3, -0.25) is 43.5 Å². The van der Waals surface area contributed by atoms with Gasteiger partial charge in [0.1, 0.15) is 28.8 Å². The number of Topliss-reactive ketones (excluding diaryl/α,β-unsaturated/α-hetero) is 2. The highest BCUT2D eigenvalue weighted by Crippen LogP contribution is 2.44. The largest absolute Gasteiger partial charge is 0.360 e. The summed E-state index contributed by atoms with van der Waals surface area (Å²) in [6.45, 7) is 2.92. The molecule has 2 unspecified atom stereocenters. The van der Waals surface area contributed by atoms with Crippen LogP contribution in [0.2, 0.25) is 0 Å². The van der Waals surface area contributed by atoms with Crippen LogP contribution >= 0.6 is 0 Å². The second-order valence-electron chi connectivity index (χ2n) is 27.6. The van der Waals surface area contributed by atoms with E-state index in [1.165, 1.54) is 51.2 Å². The number of anilines is 3. The topological polar surface area (TPSA) is 331 Å². The highest BCUT2D eigenvalue weighted by molar-refractivity contribution is 7.92. The summed E-state index contributed by atoms with van der Waals surface area (Å²) in [5.74, 6) is 3.52. The van der Waals surface area contributed by atoms with Crippen LogP contribution in [0.5, 0.6) is 0 Å². The van der Waals surface area contributed by atoms with E-state index >= 15 is 0 Å². The zero-order chi connectivity index (χ0) is 69.7. The molecule has 5 aromatic heterocycles. The number of rotatable bonds is 23. The first kappa shape index (κ1) is 70.0. The fourth-order valence-electron chi connectivity index (χ4n) is 13.7. The lowest BCUT2D eigenvalue weighted by Crippen LogP contribution is -2.34. The number of ketones is 2. The first-order valence-corrected chi connectivity index (χ1v) is 36.7. The van der Waals surface area contributed by atoms with E-state index < -0.39 is 15.1 Å². The SMILES string of the molecule is CC(=O)Cc1ccc(NC(=O)c2cccc(C(NC(=O)c3cc(C4CC4)on3)C3CCCCC3)c2)cn1.CC(=O)Nc1ccc(S(=O)(=O)C2CCC(CC(=O)c3cc(C4CC4)on3)CC2)cc1.O=C(Nc1cnccn1)c1cccc(C(NC(=O)c2cc(C3CC3)on2)C2CCCCC2)c1. The Hall–Kier alpha value is -9.84. The van der Waals surface area contributed by atoms with Crippen LogP contribution in [-0.4, -0.2) is 85.2 Å². The number of amides is 5. The van der Waals surface area contributed by atoms with Crippen molar-refractivity contribution in [1.82, 2.24) is 41.1 Å². The molecule has 6 aliphatic carbocycles. The third-order valence-electron chi connectivity index (χ3n) is 19.6. The molecular weight excluding hydrogens is 1290 g/mol. The van der Waals surface area contributed by atoms with Gasteiger partial charge in [0.15, 0.2) is 32.8 Å². The van der Waals surface area contributed by atoms with Crippen molar-refractivity contribution in [3.05, 3.63) is 190 Å². The molecule has 23 nitrogen and oxygen atoms in total. The van der Waals surface area contributed by atoms with E-state index in [1.807, 2.05) is 36.4 Å². The van der Waals surface area contributed by atoms with E-state index in [0.29, 0.717) is 107 Å². The van der Waals surface area contributed by atoms with Gasteiger partial charge in [0.25, 0.3) is 23.6 Å². The van der Waals surface area contributed by atoms with Gasteiger partial charge >= 0.3 is 0 Å². The smallest absolute Gasteiger partial charge is 0.273 e. The Kier molecular flexibility index (Phi) is 22.7. The van der Waals surface area contributed by atoms with Gasteiger partial charge in [-0.1, -0.05) is 78.3 Å². The maximum atomic E-state index is 13.1. The summed E-state index contributed by atoms with van der Waals surface area (Å²) in [5.41, 5.74) is 5.61. The van der Waals surface area contributed by atoms with Gasteiger partial charge in [0.2, 0.25) is 5.91 Å². The Bertz CT molecular complexity index is 4290. The van der Waals surface area contributed by atoms with Crippen molar-refractivity contribution >= 4 is 68.1 Å². The first-order valence-electron chi connectivity index (χ1n) is 35.2. The maximum absolute atomic E-state index is 13.1. The van der Waals surface area contributed by atoms with Crippen LogP contribution in [-0.2, 0) is 25.8 Å². The number of hydrogen-bond donors (Lipinski definition) is 5. The molecule has 14 rings (SSSR count). The van der Waals surface area contributed by atoms with E-state index in [2.05, 4.69) is 57.0 Å². The molecule has 5 heterocycles. The molecule has 6 fully saturated rings. The molecule has 0 radical (unpaired) electrons. The minimum absolute atomic E-state index is 0.0227. The maximum Gasteiger partial charge on any atom is 0.273 e. The molecule has 6 saturated carbocycles. The monoisotopic (exact) mass is 1380 g/mol. The standard InChI is InChI=1S/C29H32N4O4.C25H27N5O3.C22H26N2O5S/c1-18(34)14-23-12-13-24(17-30-23)31-28(35)22-9-5-8-21(15-22)27(20-6-3-2-4-7-20)32-29(36)25-16-26(37-33-25)19-10-11-19;31-24(28-22-15-26-11-12-27-22)19-8-4-7-18(13-19)23(17-5-2-1-3-6-17)29-25(32)20-14-21(33-30-20)16-9-10-16;1-14(25)23-17-6-10-19(11-7-17)30(27,28)18-8-2-15(3-9-18)12-21(26)20-13-22(29-24-20)16-4-5-16/h5,8-9,12-13,15-17,19-20,27H,2-4,6-7,10-11,14H2,1H3,(H,31,35)(H,32,36);4,7-8,11-17,23H,1-3,5-6,9-10H2,(H,29,32)(H,27,28,31);6-7,10-11,13,15-16,18H,2-5,8-9,12H2,1H3,(H,23,25). The summed E-state index contributed by atoms with van der Waals surface area (Å²) < 4.78 is 42.0. The molecule has 24 heteroatoms. The van der Waals surface area contributed by atoms with Gasteiger partial charge in [0.05, 0.1) is 40.3 Å². The molecule has 522 valence electrons. The lowest BCUT2D eigenvalue weighted by atomic mass is 9.80. The van der Waals surface area contributed by atoms with Crippen molar-refractivity contribution in [1.29, 1.82) is 0 Å². The molecule has 0 spiro atoms. The van der Waals surface area contributed by atoms with E-state index in [1.54, 1.807) is 67.0 Å². The second kappa shape index (κ2) is 32.4. The molecule has 0 saturated heterocycles. The van der Waals surface area contributed by atoms with Gasteiger partial charge in [0, 0.05) is 90.6 Å². The predicted molar refractivity (Wildman–Crippen MR) is 371 cm³/mol. The average molecular weight is 1380 g/mol. The van der Waals surface area contributed by atoms with Crippen LogP contribution < -0.4 is 26.6 Å².